The molecule has 140 valence electrons. The van der Waals surface area contributed by atoms with Crippen molar-refractivity contribution in [2.24, 2.45) is 10.4 Å². The zero-order chi connectivity index (χ0) is 17.9. The molecule has 0 radical (unpaired) electrons. The van der Waals surface area contributed by atoms with Gasteiger partial charge in [-0.1, -0.05) is 13.8 Å². The third-order valence-electron chi connectivity index (χ3n) is 6.10. The number of hydrogen-bond donors (Lipinski definition) is 2. The van der Waals surface area contributed by atoms with Gasteiger partial charge in [0, 0.05) is 38.1 Å². The maximum absolute atomic E-state index is 5.97. The van der Waals surface area contributed by atoms with Gasteiger partial charge in [0.25, 0.3) is 0 Å². The van der Waals surface area contributed by atoms with Crippen LogP contribution in [0, 0.1) is 5.41 Å². The summed E-state index contributed by atoms with van der Waals surface area (Å²) in [4.78, 5) is 4.40. The zero-order valence-electron chi connectivity index (χ0n) is 16.0. The molecular formula is C18H32N6O. The van der Waals surface area contributed by atoms with Crippen LogP contribution in [0.15, 0.2) is 4.99 Å². The summed E-state index contributed by atoms with van der Waals surface area (Å²) < 4.78 is 8.19. The Morgan fingerprint density at radius 1 is 1.32 bits per heavy atom. The third kappa shape index (κ3) is 3.26. The fraction of sp³-hybridized carbons (Fsp3) is 0.833. The van der Waals surface area contributed by atoms with E-state index in [1.807, 2.05) is 7.05 Å². The highest BCUT2D eigenvalue weighted by Gasteiger charge is 2.53. The molecule has 1 aromatic rings. The fourth-order valence-corrected chi connectivity index (χ4v) is 4.45. The van der Waals surface area contributed by atoms with Crippen molar-refractivity contribution >= 4 is 5.96 Å². The Morgan fingerprint density at radius 2 is 2.12 bits per heavy atom. The van der Waals surface area contributed by atoms with Crippen molar-refractivity contribution < 1.29 is 4.74 Å². The van der Waals surface area contributed by atoms with Crippen molar-refractivity contribution in [3.05, 3.63) is 11.6 Å². The highest BCUT2D eigenvalue weighted by molar-refractivity contribution is 5.80. The van der Waals surface area contributed by atoms with Crippen LogP contribution in [0.1, 0.15) is 58.1 Å². The van der Waals surface area contributed by atoms with Gasteiger partial charge in [-0.3, -0.25) is 4.99 Å². The molecule has 7 nitrogen and oxygen atoms in total. The van der Waals surface area contributed by atoms with Gasteiger partial charge in [0.2, 0.25) is 0 Å². The molecule has 3 rings (SSSR count). The summed E-state index contributed by atoms with van der Waals surface area (Å²) in [5.41, 5.74) is 0.198. The SMILES string of the molecule is CCOC1CC(NC(=NC)NCc2nnc3n2CCC3)C1(CC)CC. The summed E-state index contributed by atoms with van der Waals surface area (Å²) in [7, 11) is 1.82. The van der Waals surface area contributed by atoms with E-state index in [1.54, 1.807) is 0 Å². The van der Waals surface area contributed by atoms with Crippen LogP contribution in [0.4, 0.5) is 0 Å². The van der Waals surface area contributed by atoms with Gasteiger partial charge >= 0.3 is 0 Å². The second-order valence-electron chi connectivity index (χ2n) is 7.03. The number of fused-ring (bicyclic) bond motifs is 1. The number of guanidine groups is 1. The number of aliphatic imine (C=N–C) groups is 1. The number of rotatable bonds is 7. The highest BCUT2D eigenvalue weighted by atomic mass is 16.5. The van der Waals surface area contributed by atoms with E-state index in [9.17, 15) is 0 Å². The minimum absolute atomic E-state index is 0.198. The van der Waals surface area contributed by atoms with Gasteiger partial charge in [-0.25, -0.2) is 0 Å². The molecule has 2 aliphatic rings. The first-order chi connectivity index (χ1) is 12.2. The molecule has 2 heterocycles. The Hall–Kier alpha value is -1.63. The standard InChI is InChI=1S/C18H32N6O/c1-5-18(6-2)13(11-14(18)25-7-3)21-17(19-4)20-12-16-23-22-15-9-8-10-24(15)16/h13-14H,5-12H2,1-4H3,(H2,19,20,21). The Labute approximate surface area is 150 Å². The van der Waals surface area contributed by atoms with Gasteiger partial charge in [0.05, 0.1) is 12.6 Å². The molecular weight excluding hydrogens is 316 g/mol. The van der Waals surface area contributed by atoms with Crippen LogP contribution in [0.3, 0.4) is 0 Å². The van der Waals surface area contributed by atoms with Crippen molar-refractivity contribution in [2.75, 3.05) is 13.7 Å². The molecule has 7 heteroatoms. The van der Waals surface area contributed by atoms with Gasteiger partial charge in [-0.2, -0.15) is 0 Å². The summed E-state index contributed by atoms with van der Waals surface area (Å²) in [6, 6.07) is 0.398. The number of aryl methyl sites for hydroxylation is 1. The number of nitrogens with zero attached hydrogens (tertiary/aromatic N) is 4. The van der Waals surface area contributed by atoms with Crippen LogP contribution >= 0.6 is 0 Å². The molecule has 0 saturated heterocycles. The van der Waals surface area contributed by atoms with Gasteiger partial charge in [0.15, 0.2) is 11.8 Å². The molecule has 1 aliphatic carbocycles. The zero-order valence-corrected chi connectivity index (χ0v) is 16.0. The lowest BCUT2D eigenvalue weighted by Gasteiger charge is -2.55. The third-order valence-corrected chi connectivity index (χ3v) is 6.10. The Morgan fingerprint density at radius 3 is 2.80 bits per heavy atom. The highest BCUT2D eigenvalue weighted by Crippen LogP contribution is 2.48. The molecule has 1 saturated carbocycles. The number of nitrogens with one attached hydrogen (secondary N) is 2. The minimum atomic E-state index is 0.198. The lowest BCUT2D eigenvalue weighted by Crippen LogP contribution is -2.65. The molecule has 25 heavy (non-hydrogen) atoms. The molecule has 0 amide bonds. The lowest BCUT2D eigenvalue weighted by molar-refractivity contribution is -0.133. The summed E-state index contributed by atoms with van der Waals surface area (Å²) in [5, 5.41) is 15.6. The summed E-state index contributed by atoms with van der Waals surface area (Å²) in [6.45, 7) is 9.06. The monoisotopic (exact) mass is 348 g/mol. The normalized spacial score (nSPS) is 24.7. The minimum Gasteiger partial charge on any atom is -0.378 e. The molecule has 2 unspecified atom stereocenters. The summed E-state index contributed by atoms with van der Waals surface area (Å²) in [6.07, 6.45) is 5.82. The van der Waals surface area contributed by atoms with Crippen molar-refractivity contribution in [1.29, 1.82) is 0 Å². The first-order valence-corrected chi connectivity index (χ1v) is 9.68. The fourth-order valence-electron chi connectivity index (χ4n) is 4.45. The number of hydrogen-bond acceptors (Lipinski definition) is 4. The summed E-state index contributed by atoms with van der Waals surface area (Å²) >= 11 is 0. The van der Waals surface area contributed by atoms with Gasteiger partial charge in [0.1, 0.15) is 5.82 Å². The predicted octanol–water partition coefficient (Wildman–Crippen LogP) is 1.87. The smallest absolute Gasteiger partial charge is 0.191 e. The van der Waals surface area contributed by atoms with E-state index in [2.05, 4.69) is 51.2 Å². The van der Waals surface area contributed by atoms with E-state index < -0.39 is 0 Å². The van der Waals surface area contributed by atoms with E-state index in [0.29, 0.717) is 18.7 Å². The average Bonchev–Trinajstić information content (AvgIpc) is 3.22. The molecule has 0 spiro atoms. The van der Waals surface area contributed by atoms with Crippen LogP contribution < -0.4 is 10.6 Å². The maximum atomic E-state index is 5.97. The molecule has 2 atom stereocenters. The topological polar surface area (TPSA) is 76.4 Å². The lowest BCUT2D eigenvalue weighted by atomic mass is 9.58. The Kier molecular flexibility index (Phi) is 5.61. The van der Waals surface area contributed by atoms with E-state index >= 15 is 0 Å². The van der Waals surface area contributed by atoms with Crippen LogP contribution in [0.5, 0.6) is 0 Å². The molecule has 1 aromatic heterocycles. The van der Waals surface area contributed by atoms with Crippen LogP contribution in [-0.2, 0) is 24.2 Å². The molecule has 2 N–H and O–H groups in total. The van der Waals surface area contributed by atoms with Crippen LogP contribution in [0.25, 0.3) is 0 Å². The second-order valence-corrected chi connectivity index (χ2v) is 7.03. The van der Waals surface area contributed by atoms with Crippen molar-refractivity contribution in [3.8, 4) is 0 Å². The number of ether oxygens (including phenoxy) is 1. The predicted molar refractivity (Wildman–Crippen MR) is 98.5 cm³/mol. The van der Waals surface area contributed by atoms with E-state index in [1.165, 1.54) is 6.42 Å². The first kappa shape index (κ1) is 18.2. The average molecular weight is 348 g/mol. The Balaban J connectivity index is 1.59. The van der Waals surface area contributed by atoms with Gasteiger partial charge < -0.3 is 19.9 Å². The summed E-state index contributed by atoms with van der Waals surface area (Å²) in [5.74, 6) is 2.93. The molecule has 0 aromatic carbocycles. The van der Waals surface area contributed by atoms with E-state index in [-0.39, 0.29) is 5.41 Å². The molecule has 0 bridgehead atoms. The van der Waals surface area contributed by atoms with Crippen molar-refractivity contribution in [2.45, 2.75) is 78.1 Å². The van der Waals surface area contributed by atoms with Gasteiger partial charge in [-0.05, 0) is 32.6 Å². The van der Waals surface area contributed by atoms with Gasteiger partial charge in [-0.15, -0.1) is 10.2 Å². The van der Waals surface area contributed by atoms with Crippen LogP contribution in [0.2, 0.25) is 0 Å². The largest absolute Gasteiger partial charge is 0.378 e. The van der Waals surface area contributed by atoms with Crippen molar-refractivity contribution in [1.82, 2.24) is 25.4 Å². The maximum Gasteiger partial charge on any atom is 0.191 e. The molecule has 1 fully saturated rings. The quantitative estimate of drug-likeness (QED) is 0.581. The Bertz CT molecular complexity index is 607. The van der Waals surface area contributed by atoms with E-state index in [0.717, 1.165) is 56.4 Å². The van der Waals surface area contributed by atoms with Crippen LogP contribution in [-0.4, -0.2) is 46.5 Å². The number of aromatic nitrogens is 3. The second kappa shape index (κ2) is 7.72. The first-order valence-electron chi connectivity index (χ1n) is 9.68. The van der Waals surface area contributed by atoms with Crippen molar-refractivity contribution in [3.63, 3.8) is 0 Å². The molecule has 1 aliphatic heterocycles. The van der Waals surface area contributed by atoms with E-state index in [4.69, 9.17) is 4.74 Å².